The van der Waals surface area contributed by atoms with Gasteiger partial charge in [0.05, 0.1) is 0 Å². The van der Waals surface area contributed by atoms with Crippen molar-refractivity contribution in [3.8, 4) is 0 Å². The third kappa shape index (κ3) is 7.78. The van der Waals surface area contributed by atoms with Crippen LogP contribution in [0.25, 0.3) is 0 Å². The van der Waals surface area contributed by atoms with Crippen molar-refractivity contribution in [2.45, 2.75) is 92.4 Å². The summed E-state index contributed by atoms with van der Waals surface area (Å²) in [7, 11) is -3.98. The molecule has 0 unspecified atom stereocenters. The summed E-state index contributed by atoms with van der Waals surface area (Å²) in [6, 6.07) is 0. The van der Waals surface area contributed by atoms with E-state index in [2.05, 4.69) is 19.8 Å². The number of hydrogen-bond donors (Lipinski definition) is 2. The van der Waals surface area contributed by atoms with Crippen molar-refractivity contribution in [2.24, 2.45) is 0 Å². The molecule has 32 heavy (non-hydrogen) atoms. The minimum atomic E-state index is -3.98. The van der Waals surface area contributed by atoms with E-state index < -0.39 is 61.5 Å². The molecule has 0 saturated carbocycles. The molecule has 1 aliphatic heterocycles. The molecule has 0 bridgehead atoms. The summed E-state index contributed by atoms with van der Waals surface area (Å²) in [5, 5.41) is 10.5. The predicted octanol–water partition coefficient (Wildman–Crippen LogP) is 2.49. The second-order valence-corrected chi connectivity index (χ2v) is 26.9. The Balaban J connectivity index is 2.21. The van der Waals surface area contributed by atoms with Gasteiger partial charge in [-0.05, 0) is 0 Å². The molecule has 10 nitrogen and oxygen atoms in total. The summed E-state index contributed by atoms with van der Waals surface area (Å²) < 4.78 is 37.7. The van der Waals surface area contributed by atoms with Crippen LogP contribution in [-0.4, -0.2) is 63.1 Å². The number of phosphoric acid groups is 1. The topological polar surface area (TPSA) is 129 Å². The van der Waals surface area contributed by atoms with Crippen LogP contribution in [0.2, 0.25) is 14.8 Å². The molecular formula is C20H37N2O8PSn. The third-order valence-corrected chi connectivity index (χ3v) is 12.1. The average Bonchev–Trinajstić information content (AvgIpc) is 2.88. The number of H-pyrrole nitrogens is 1. The number of aliphatic hydroxyl groups excluding tert-OH is 1. The van der Waals surface area contributed by atoms with E-state index in [4.69, 9.17) is 18.3 Å². The fourth-order valence-electron chi connectivity index (χ4n) is 3.18. The van der Waals surface area contributed by atoms with Gasteiger partial charge in [-0.2, -0.15) is 0 Å². The van der Waals surface area contributed by atoms with E-state index in [1.807, 2.05) is 0 Å². The zero-order valence-electron chi connectivity index (χ0n) is 20.4. The number of ether oxygens (including phenoxy) is 1. The molecule has 0 radical (unpaired) electrons. The maximum atomic E-state index is 13.2. The molecule has 0 amide bonds. The zero-order chi connectivity index (χ0) is 24.7. The molecule has 1 aromatic heterocycles. The van der Waals surface area contributed by atoms with Gasteiger partial charge in [0.1, 0.15) is 0 Å². The average molecular weight is 583 g/mol. The van der Waals surface area contributed by atoms with E-state index in [1.54, 1.807) is 47.7 Å². The van der Waals surface area contributed by atoms with E-state index >= 15 is 0 Å². The standard InChI is InChI=1S/C17H28N2O8P.3CH3.Sn/c1-16(2,3)26-28(23,27-17(4,5)6)24-10-12-11(20)9-14(25-12)19-8-7-13(21)18-15(19)22;;;;/h8,11-12,14,20H,9-10H2,1-6H3,(H,18,21,22);3*1H3;/t11-,12+,14+;;;;/m0..../s1. The van der Waals surface area contributed by atoms with Gasteiger partial charge in [0.25, 0.3) is 0 Å². The quantitative estimate of drug-likeness (QED) is 0.370. The maximum absolute atomic E-state index is 13.2. The van der Waals surface area contributed by atoms with Crippen LogP contribution in [0.1, 0.15) is 54.2 Å². The molecule has 12 heteroatoms. The van der Waals surface area contributed by atoms with E-state index in [0.29, 0.717) is 3.58 Å². The Kier molecular flexibility index (Phi) is 8.36. The van der Waals surface area contributed by atoms with Crippen molar-refractivity contribution < 1.29 is 28.0 Å². The van der Waals surface area contributed by atoms with E-state index in [9.17, 15) is 19.3 Å². The molecule has 1 saturated heterocycles. The number of rotatable bonds is 7. The van der Waals surface area contributed by atoms with Gasteiger partial charge in [-0.15, -0.1) is 0 Å². The van der Waals surface area contributed by atoms with Crippen LogP contribution in [0.4, 0.5) is 0 Å². The summed E-state index contributed by atoms with van der Waals surface area (Å²) in [5.41, 5.74) is -2.56. The van der Waals surface area contributed by atoms with Crippen molar-refractivity contribution in [2.75, 3.05) is 6.61 Å². The second kappa shape index (κ2) is 9.64. The van der Waals surface area contributed by atoms with Crippen LogP contribution in [-0.2, 0) is 22.9 Å². The normalized spacial score (nSPS) is 23.0. The van der Waals surface area contributed by atoms with Crippen LogP contribution >= 0.6 is 7.82 Å². The number of nitrogens with one attached hydrogen (secondary N) is 1. The van der Waals surface area contributed by atoms with Crippen LogP contribution < -0.4 is 14.8 Å². The van der Waals surface area contributed by atoms with E-state index in [0.717, 1.165) is 0 Å². The number of nitrogens with zero attached hydrogens (tertiary/aromatic N) is 1. The Bertz CT molecular complexity index is 950. The second-order valence-electron chi connectivity index (χ2n) is 11.0. The van der Waals surface area contributed by atoms with Crippen LogP contribution in [0.5, 0.6) is 0 Å². The first kappa shape index (κ1) is 27.8. The molecule has 2 rings (SSSR count). The van der Waals surface area contributed by atoms with Gasteiger partial charge in [0.2, 0.25) is 0 Å². The predicted molar refractivity (Wildman–Crippen MR) is 124 cm³/mol. The molecule has 1 fully saturated rings. The molecule has 3 atom stereocenters. The van der Waals surface area contributed by atoms with Crippen molar-refractivity contribution in [3.05, 3.63) is 27.0 Å². The summed E-state index contributed by atoms with van der Waals surface area (Å²) in [6.45, 7) is 10.1. The first-order valence-electron chi connectivity index (χ1n) is 10.7. The Hall–Kier alpha value is -0.491. The molecule has 184 valence electrons. The van der Waals surface area contributed by atoms with Crippen LogP contribution in [0, 0.1) is 0 Å². The van der Waals surface area contributed by atoms with Gasteiger partial charge in [-0.3, -0.25) is 0 Å². The van der Waals surface area contributed by atoms with Gasteiger partial charge in [0, 0.05) is 0 Å². The third-order valence-electron chi connectivity index (χ3n) is 4.46. The van der Waals surface area contributed by atoms with Crippen molar-refractivity contribution in [1.82, 2.24) is 9.55 Å². The van der Waals surface area contributed by atoms with Crippen molar-refractivity contribution >= 4 is 29.8 Å². The molecule has 2 N–H and O–H groups in total. The summed E-state index contributed by atoms with van der Waals surface area (Å²) >= 11 is -2.80. The Morgan fingerprint density at radius 1 is 1.16 bits per heavy atom. The molecular weight excluding hydrogens is 546 g/mol. The molecule has 0 spiro atoms. The van der Waals surface area contributed by atoms with Gasteiger partial charge in [-0.25, -0.2) is 0 Å². The summed E-state index contributed by atoms with van der Waals surface area (Å²) in [4.78, 5) is 33.2. The van der Waals surface area contributed by atoms with E-state index in [1.165, 1.54) is 4.57 Å². The van der Waals surface area contributed by atoms with Crippen LogP contribution in [0.3, 0.4) is 0 Å². The fourth-order valence-corrected chi connectivity index (χ4v) is 8.62. The van der Waals surface area contributed by atoms with Gasteiger partial charge >= 0.3 is 193 Å². The number of hydrogen-bond acceptors (Lipinski definition) is 8. The number of phosphoric ester groups is 1. The van der Waals surface area contributed by atoms with Gasteiger partial charge in [-0.1, -0.05) is 0 Å². The molecule has 1 aromatic rings. The zero-order valence-corrected chi connectivity index (χ0v) is 24.2. The van der Waals surface area contributed by atoms with Gasteiger partial charge < -0.3 is 0 Å². The monoisotopic (exact) mass is 584 g/mol. The Morgan fingerprint density at radius 2 is 1.69 bits per heavy atom. The number of aromatic nitrogens is 2. The first-order chi connectivity index (χ1) is 14.3. The van der Waals surface area contributed by atoms with E-state index in [-0.39, 0.29) is 18.6 Å². The molecule has 0 aliphatic carbocycles. The molecule has 1 aliphatic rings. The fraction of sp³-hybridized carbons (Fsp3) is 0.800. The Morgan fingerprint density at radius 3 is 2.16 bits per heavy atom. The van der Waals surface area contributed by atoms with Gasteiger partial charge in [0.15, 0.2) is 0 Å². The van der Waals surface area contributed by atoms with Crippen molar-refractivity contribution in [3.63, 3.8) is 0 Å². The SMILES string of the molecule is CC(C)(C)OP(=O)(OC[C@H]1O[C@@H](n2c[c]([Sn]([CH3])([CH3])[CH3])c(=O)[nH]c2=O)C[C@@H]1O)OC(C)(C)C. The summed E-state index contributed by atoms with van der Waals surface area (Å²) in [6.07, 6.45) is -0.960. The number of aromatic amines is 1. The minimum absolute atomic E-state index is 0.115. The Labute approximate surface area is 193 Å². The number of aliphatic hydroxyl groups is 1. The molecule has 0 aromatic carbocycles. The van der Waals surface area contributed by atoms with Crippen molar-refractivity contribution in [1.29, 1.82) is 0 Å². The summed E-state index contributed by atoms with van der Waals surface area (Å²) in [5.74, 6) is 0. The van der Waals surface area contributed by atoms with Crippen LogP contribution in [0.15, 0.2) is 15.8 Å². The molecule has 2 heterocycles. The first-order valence-corrected chi connectivity index (χ1v) is 22.1.